The zero-order valence-electron chi connectivity index (χ0n) is 15.5. The van der Waals surface area contributed by atoms with E-state index in [1.54, 1.807) is 18.2 Å². The van der Waals surface area contributed by atoms with Crippen LogP contribution in [0.4, 0.5) is 17.1 Å². The first-order chi connectivity index (χ1) is 13.7. The van der Waals surface area contributed by atoms with Gasteiger partial charge in [-0.05, 0) is 67.4 Å². The summed E-state index contributed by atoms with van der Waals surface area (Å²) in [7, 11) is 0. The summed E-state index contributed by atoms with van der Waals surface area (Å²) in [5.74, 6) is 1.09. The average Bonchev–Trinajstić information content (AvgIpc) is 3.31. The summed E-state index contributed by atoms with van der Waals surface area (Å²) in [5, 5.41) is 2.94. The molecule has 3 aromatic carbocycles. The van der Waals surface area contributed by atoms with Gasteiger partial charge in [0.2, 0.25) is 6.79 Å². The van der Waals surface area contributed by atoms with Gasteiger partial charge in [0.05, 0.1) is 0 Å². The minimum Gasteiger partial charge on any atom is -0.454 e. The third-order valence-electron chi connectivity index (χ3n) is 5.25. The number of anilines is 3. The van der Waals surface area contributed by atoms with Crippen molar-refractivity contribution in [2.45, 2.75) is 19.4 Å². The molecule has 0 aliphatic carbocycles. The van der Waals surface area contributed by atoms with Crippen LogP contribution in [0, 0.1) is 0 Å². The highest BCUT2D eigenvalue weighted by molar-refractivity contribution is 6.04. The lowest BCUT2D eigenvalue weighted by atomic mass is 10.1. The van der Waals surface area contributed by atoms with Crippen molar-refractivity contribution < 1.29 is 14.3 Å². The van der Waals surface area contributed by atoms with Gasteiger partial charge in [-0.15, -0.1) is 0 Å². The number of ether oxygens (including phenoxy) is 2. The number of fused-ring (bicyclic) bond motifs is 2. The van der Waals surface area contributed by atoms with Crippen LogP contribution in [0.25, 0.3) is 0 Å². The molecule has 0 spiro atoms. The van der Waals surface area contributed by atoms with E-state index in [4.69, 9.17) is 9.47 Å². The van der Waals surface area contributed by atoms with Crippen molar-refractivity contribution >= 4 is 23.0 Å². The molecule has 2 aliphatic heterocycles. The number of amides is 1. The zero-order chi connectivity index (χ0) is 19.1. The molecule has 0 bridgehead atoms. The fourth-order valence-corrected chi connectivity index (χ4v) is 3.91. The lowest BCUT2D eigenvalue weighted by Gasteiger charge is -2.25. The maximum Gasteiger partial charge on any atom is 0.255 e. The number of benzene rings is 3. The molecular weight excluding hydrogens is 352 g/mol. The van der Waals surface area contributed by atoms with Crippen LogP contribution in [0.15, 0.2) is 66.7 Å². The molecule has 0 aromatic heterocycles. The Labute approximate surface area is 163 Å². The fourth-order valence-electron chi connectivity index (χ4n) is 3.91. The highest BCUT2D eigenvalue weighted by Gasteiger charge is 2.26. The second-order valence-electron chi connectivity index (χ2n) is 7.12. The number of rotatable bonds is 3. The Morgan fingerprint density at radius 1 is 1.00 bits per heavy atom. The SMILES string of the molecule is CC1Cc2ccccc2N1c1ccc(NC(=O)c2ccc3c(c2)OCO3)cc1. The van der Waals surface area contributed by atoms with Crippen LogP contribution in [0.1, 0.15) is 22.8 Å². The number of nitrogens with zero attached hydrogens (tertiary/aromatic N) is 1. The molecule has 0 saturated carbocycles. The highest BCUT2D eigenvalue weighted by atomic mass is 16.7. The van der Waals surface area contributed by atoms with E-state index in [2.05, 4.69) is 41.4 Å². The Hall–Kier alpha value is -3.47. The van der Waals surface area contributed by atoms with Crippen LogP contribution in [0.5, 0.6) is 11.5 Å². The second kappa shape index (κ2) is 6.60. The molecule has 1 N–H and O–H groups in total. The van der Waals surface area contributed by atoms with Gasteiger partial charge < -0.3 is 19.7 Å². The first-order valence-electron chi connectivity index (χ1n) is 9.37. The van der Waals surface area contributed by atoms with Gasteiger partial charge in [0, 0.05) is 28.7 Å². The van der Waals surface area contributed by atoms with Crippen LogP contribution >= 0.6 is 0 Å². The Morgan fingerprint density at radius 2 is 1.79 bits per heavy atom. The second-order valence-corrected chi connectivity index (χ2v) is 7.12. The van der Waals surface area contributed by atoms with Crippen molar-refractivity contribution in [3.63, 3.8) is 0 Å². The van der Waals surface area contributed by atoms with Gasteiger partial charge in [0.25, 0.3) is 5.91 Å². The molecule has 2 heterocycles. The van der Waals surface area contributed by atoms with E-state index < -0.39 is 0 Å². The maximum atomic E-state index is 12.6. The first kappa shape index (κ1) is 16.7. The molecule has 5 nitrogen and oxygen atoms in total. The van der Waals surface area contributed by atoms with Crippen LogP contribution in [-0.4, -0.2) is 18.7 Å². The van der Waals surface area contributed by atoms with Gasteiger partial charge >= 0.3 is 0 Å². The molecule has 1 unspecified atom stereocenters. The first-order valence-corrected chi connectivity index (χ1v) is 9.37. The fraction of sp³-hybridized carbons (Fsp3) is 0.174. The lowest BCUT2D eigenvalue weighted by molar-refractivity contribution is 0.102. The van der Waals surface area contributed by atoms with Crippen LogP contribution in [-0.2, 0) is 6.42 Å². The summed E-state index contributed by atoms with van der Waals surface area (Å²) < 4.78 is 10.6. The largest absolute Gasteiger partial charge is 0.454 e. The molecule has 0 radical (unpaired) electrons. The van der Waals surface area contributed by atoms with Crippen LogP contribution in [0.3, 0.4) is 0 Å². The minimum atomic E-state index is -0.175. The topological polar surface area (TPSA) is 50.8 Å². The Morgan fingerprint density at radius 3 is 2.64 bits per heavy atom. The quantitative estimate of drug-likeness (QED) is 0.721. The van der Waals surface area contributed by atoms with Crippen LogP contribution < -0.4 is 19.7 Å². The number of nitrogens with one attached hydrogen (secondary N) is 1. The molecule has 0 saturated heterocycles. The summed E-state index contributed by atoms with van der Waals surface area (Å²) in [5.41, 5.74) is 5.04. The Balaban J connectivity index is 1.34. The van der Waals surface area contributed by atoms with E-state index >= 15 is 0 Å². The average molecular weight is 372 g/mol. The normalized spacial score (nSPS) is 16.8. The molecule has 1 atom stereocenters. The van der Waals surface area contributed by atoms with E-state index in [1.165, 1.54) is 11.3 Å². The van der Waals surface area contributed by atoms with Gasteiger partial charge in [-0.3, -0.25) is 4.79 Å². The predicted molar refractivity (Wildman–Crippen MR) is 109 cm³/mol. The van der Waals surface area contributed by atoms with E-state index in [-0.39, 0.29) is 12.7 Å². The maximum absolute atomic E-state index is 12.6. The van der Waals surface area contributed by atoms with Crippen molar-refractivity contribution in [2.24, 2.45) is 0 Å². The molecule has 3 aromatic rings. The number of hydrogen-bond acceptors (Lipinski definition) is 4. The van der Waals surface area contributed by atoms with Crippen molar-refractivity contribution in [1.82, 2.24) is 0 Å². The van der Waals surface area contributed by atoms with Crippen molar-refractivity contribution in [1.29, 1.82) is 0 Å². The Kier molecular flexibility index (Phi) is 3.93. The molecule has 140 valence electrons. The van der Waals surface area contributed by atoms with E-state index in [1.807, 2.05) is 24.3 Å². The van der Waals surface area contributed by atoms with Gasteiger partial charge in [0.1, 0.15) is 0 Å². The number of carbonyl (C=O) groups is 1. The molecule has 1 amide bonds. The summed E-state index contributed by atoms with van der Waals surface area (Å²) in [4.78, 5) is 14.9. The smallest absolute Gasteiger partial charge is 0.255 e. The number of hydrogen-bond donors (Lipinski definition) is 1. The zero-order valence-corrected chi connectivity index (χ0v) is 15.5. The van der Waals surface area contributed by atoms with Gasteiger partial charge in [-0.25, -0.2) is 0 Å². The number of para-hydroxylation sites is 1. The van der Waals surface area contributed by atoms with Crippen molar-refractivity contribution in [3.8, 4) is 11.5 Å². The third-order valence-corrected chi connectivity index (χ3v) is 5.25. The number of carbonyl (C=O) groups excluding carboxylic acids is 1. The summed E-state index contributed by atoms with van der Waals surface area (Å²) >= 11 is 0. The standard InChI is InChI=1S/C23H20N2O3/c1-15-12-16-4-2-3-5-20(16)25(15)19-9-7-18(8-10-19)24-23(26)17-6-11-21-22(13-17)28-14-27-21/h2-11,13,15H,12,14H2,1H3,(H,24,26). The van der Waals surface area contributed by atoms with E-state index in [0.717, 1.165) is 17.8 Å². The monoisotopic (exact) mass is 372 g/mol. The van der Waals surface area contributed by atoms with Gasteiger partial charge in [0.15, 0.2) is 11.5 Å². The summed E-state index contributed by atoms with van der Waals surface area (Å²) in [6.45, 7) is 2.43. The van der Waals surface area contributed by atoms with Gasteiger partial charge in [-0.1, -0.05) is 18.2 Å². The predicted octanol–water partition coefficient (Wildman–Crippen LogP) is 4.75. The van der Waals surface area contributed by atoms with E-state index in [9.17, 15) is 4.79 Å². The molecule has 2 aliphatic rings. The van der Waals surface area contributed by atoms with Crippen molar-refractivity contribution in [3.05, 3.63) is 77.9 Å². The molecular formula is C23H20N2O3. The summed E-state index contributed by atoms with van der Waals surface area (Å²) in [6, 6.07) is 22.1. The Bertz CT molecular complexity index is 1050. The molecule has 5 rings (SSSR count). The summed E-state index contributed by atoms with van der Waals surface area (Å²) in [6.07, 6.45) is 1.04. The van der Waals surface area contributed by atoms with E-state index in [0.29, 0.717) is 23.1 Å². The third kappa shape index (κ3) is 2.85. The minimum absolute atomic E-state index is 0.175. The molecule has 5 heteroatoms. The van der Waals surface area contributed by atoms with Crippen LogP contribution in [0.2, 0.25) is 0 Å². The highest BCUT2D eigenvalue weighted by Crippen LogP contribution is 2.38. The van der Waals surface area contributed by atoms with Gasteiger partial charge in [-0.2, -0.15) is 0 Å². The molecule has 28 heavy (non-hydrogen) atoms. The van der Waals surface area contributed by atoms with Crippen molar-refractivity contribution in [2.75, 3.05) is 17.0 Å². The molecule has 0 fully saturated rings. The lowest BCUT2D eigenvalue weighted by Crippen LogP contribution is -2.23.